The topological polar surface area (TPSA) is 20.2 Å². The van der Waals surface area contributed by atoms with E-state index in [1.807, 2.05) is 0 Å². The Kier molecular flexibility index (Phi) is 4.30. The lowest BCUT2D eigenvalue weighted by Gasteiger charge is -2.34. The van der Waals surface area contributed by atoms with E-state index < -0.39 is 0 Å². The van der Waals surface area contributed by atoms with Gasteiger partial charge in [0, 0.05) is 0 Å². The summed E-state index contributed by atoms with van der Waals surface area (Å²) >= 11 is 0. The maximum absolute atomic E-state index is 10.7. The molecule has 1 heteroatoms. The van der Waals surface area contributed by atoms with Crippen molar-refractivity contribution in [2.45, 2.75) is 45.6 Å². The van der Waals surface area contributed by atoms with Gasteiger partial charge in [-0.3, -0.25) is 0 Å². The maximum Gasteiger partial charge on any atom is 0.0609 e. The maximum atomic E-state index is 10.7. The van der Waals surface area contributed by atoms with Crippen molar-refractivity contribution in [2.75, 3.05) is 0 Å². The second-order valence-electron chi connectivity index (χ2n) is 6.94. The second kappa shape index (κ2) is 6.19. The molecule has 0 amide bonds. The molecule has 1 fully saturated rings. The fourth-order valence-electron chi connectivity index (χ4n) is 3.80. The molecule has 1 aliphatic carbocycles. The van der Waals surface area contributed by atoms with E-state index in [4.69, 9.17) is 0 Å². The summed E-state index contributed by atoms with van der Waals surface area (Å²) in [4.78, 5) is 0. The Morgan fingerprint density at radius 2 is 1.76 bits per heavy atom. The number of aliphatic hydroxyl groups is 1. The predicted octanol–water partition coefficient (Wildman–Crippen LogP) is 4.82. The van der Waals surface area contributed by atoms with Crippen LogP contribution in [-0.4, -0.2) is 11.2 Å². The highest BCUT2D eigenvalue weighted by atomic mass is 16.3. The number of hydrogen-bond donors (Lipinski definition) is 1. The molecule has 21 heavy (non-hydrogen) atoms. The Labute approximate surface area is 128 Å². The summed E-state index contributed by atoms with van der Waals surface area (Å²) in [5.74, 6) is 2.02. The highest BCUT2D eigenvalue weighted by Crippen LogP contribution is 2.36. The van der Waals surface area contributed by atoms with Crippen LogP contribution in [0.4, 0.5) is 0 Å². The molecular weight excluding hydrogens is 256 g/mol. The smallest absolute Gasteiger partial charge is 0.0609 e. The number of aliphatic hydroxyl groups excluding tert-OH is 1. The fraction of sp³-hybridized carbons (Fsp3) is 0.500. The zero-order valence-corrected chi connectivity index (χ0v) is 13.1. The molecule has 0 saturated heterocycles. The van der Waals surface area contributed by atoms with Gasteiger partial charge in [0.25, 0.3) is 0 Å². The highest BCUT2D eigenvalue weighted by molar-refractivity contribution is 5.85. The molecule has 0 bridgehead atoms. The van der Waals surface area contributed by atoms with Crippen LogP contribution in [0.5, 0.6) is 0 Å². The molecule has 4 unspecified atom stereocenters. The third-order valence-corrected chi connectivity index (χ3v) is 5.49. The minimum Gasteiger partial charge on any atom is -0.392 e. The Morgan fingerprint density at radius 3 is 2.57 bits per heavy atom. The average Bonchev–Trinajstić information content (AvgIpc) is 2.50. The van der Waals surface area contributed by atoms with E-state index in [0.29, 0.717) is 5.92 Å². The Hall–Kier alpha value is -1.34. The van der Waals surface area contributed by atoms with Crippen molar-refractivity contribution in [2.24, 2.45) is 17.8 Å². The number of rotatable bonds is 3. The van der Waals surface area contributed by atoms with Crippen molar-refractivity contribution in [3.05, 3.63) is 48.0 Å². The van der Waals surface area contributed by atoms with E-state index >= 15 is 0 Å². The minimum absolute atomic E-state index is 0.203. The molecule has 3 rings (SSSR count). The van der Waals surface area contributed by atoms with Crippen LogP contribution < -0.4 is 0 Å². The van der Waals surface area contributed by atoms with Crippen molar-refractivity contribution in [3.8, 4) is 0 Å². The van der Waals surface area contributed by atoms with Gasteiger partial charge in [-0.25, -0.2) is 0 Å². The van der Waals surface area contributed by atoms with Crippen LogP contribution in [0.25, 0.3) is 10.8 Å². The molecule has 0 aliphatic heterocycles. The summed E-state index contributed by atoms with van der Waals surface area (Å²) in [5, 5.41) is 13.3. The standard InChI is InChI=1S/C20H26O/c1-14-10-11-18(12-15(14)2)20(21)13-17-8-5-7-16-6-3-4-9-19(16)17/h3-9,14-15,18,20-21H,10-13H2,1-2H3. The summed E-state index contributed by atoms with van der Waals surface area (Å²) in [6, 6.07) is 14.9. The molecule has 0 spiro atoms. The molecule has 1 saturated carbocycles. The third-order valence-electron chi connectivity index (χ3n) is 5.49. The van der Waals surface area contributed by atoms with Crippen LogP contribution in [0.1, 0.15) is 38.7 Å². The van der Waals surface area contributed by atoms with Crippen LogP contribution in [0.15, 0.2) is 42.5 Å². The van der Waals surface area contributed by atoms with Crippen molar-refractivity contribution < 1.29 is 5.11 Å². The number of hydrogen-bond acceptors (Lipinski definition) is 1. The fourth-order valence-corrected chi connectivity index (χ4v) is 3.80. The Morgan fingerprint density at radius 1 is 1.00 bits per heavy atom. The van der Waals surface area contributed by atoms with E-state index in [1.54, 1.807) is 0 Å². The highest BCUT2D eigenvalue weighted by Gasteiger charge is 2.29. The predicted molar refractivity (Wildman–Crippen MR) is 89.3 cm³/mol. The van der Waals surface area contributed by atoms with Gasteiger partial charge in [0.1, 0.15) is 0 Å². The van der Waals surface area contributed by atoms with Crippen LogP contribution in [-0.2, 0) is 6.42 Å². The first-order chi connectivity index (χ1) is 10.1. The minimum atomic E-state index is -0.203. The zero-order valence-electron chi connectivity index (χ0n) is 13.1. The molecule has 1 aliphatic rings. The van der Waals surface area contributed by atoms with Gasteiger partial charge in [-0.05, 0) is 53.4 Å². The first kappa shape index (κ1) is 14.6. The van der Waals surface area contributed by atoms with E-state index in [-0.39, 0.29) is 6.10 Å². The van der Waals surface area contributed by atoms with Gasteiger partial charge in [0.2, 0.25) is 0 Å². The van der Waals surface area contributed by atoms with Crippen molar-refractivity contribution in [1.82, 2.24) is 0 Å². The second-order valence-corrected chi connectivity index (χ2v) is 6.94. The molecule has 4 atom stereocenters. The monoisotopic (exact) mass is 282 g/mol. The van der Waals surface area contributed by atoms with E-state index in [0.717, 1.165) is 18.3 Å². The van der Waals surface area contributed by atoms with Gasteiger partial charge in [-0.15, -0.1) is 0 Å². The van der Waals surface area contributed by atoms with Crippen LogP contribution >= 0.6 is 0 Å². The van der Waals surface area contributed by atoms with Gasteiger partial charge in [0.15, 0.2) is 0 Å². The summed E-state index contributed by atoms with van der Waals surface area (Å²) in [5.41, 5.74) is 1.28. The Balaban J connectivity index is 1.76. The first-order valence-electron chi connectivity index (χ1n) is 8.30. The molecule has 1 N–H and O–H groups in total. The first-order valence-corrected chi connectivity index (χ1v) is 8.30. The molecule has 0 radical (unpaired) electrons. The molecule has 2 aromatic carbocycles. The van der Waals surface area contributed by atoms with Gasteiger partial charge < -0.3 is 5.11 Å². The molecule has 112 valence electrons. The van der Waals surface area contributed by atoms with Crippen molar-refractivity contribution in [1.29, 1.82) is 0 Å². The van der Waals surface area contributed by atoms with Crippen molar-refractivity contribution >= 4 is 10.8 Å². The van der Waals surface area contributed by atoms with Crippen LogP contribution in [0.3, 0.4) is 0 Å². The molecule has 0 aromatic heterocycles. The SMILES string of the molecule is CC1CCC(C(O)Cc2cccc3ccccc23)CC1C. The van der Waals surface area contributed by atoms with Gasteiger partial charge in [-0.2, -0.15) is 0 Å². The summed E-state index contributed by atoms with van der Waals surface area (Å²) in [6.07, 6.45) is 4.20. The largest absolute Gasteiger partial charge is 0.392 e. The van der Waals surface area contributed by atoms with E-state index in [9.17, 15) is 5.11 Å². The molecule has 0 heterocycles. The molecule has 1 nitrogen and oxygen atoms in total. The van der Waals surface area contributed by atoms with E-state index in [1.165, 1.54) is 35.6 Å². The van der Waals surface area contributed by atoms with Crippen LogP contribution in [0.2, 0.25) is 0 Å². The lowest BCUT2D eigenvalue weighted by Crippen LogP contribution is -2.30. The van der Waals surface area contributed by atoms with Gasteiger partial charge in [0.05, 0.1) is 6.10 Å². The number of fused-ring (bicyclic) bond motifs is 1. The quantitative estimate of drug-likeness (QED) is 0.856. The van der Waals surface area contributed by atoms with Gasteiger partial charge >= 0.3 is 0 Å². The lowest BCUT2D eigenvalue weighted by atomic mass is 9.73. The normalized spacial score (nSPS) is 27.7. The Bertz CT molecular complexity index is 598. The molecule has 2 aromatic rings. The van der Waals surface area contributed by atoms with Crippen LogP contribution in [0, 0.1) is 17.8 Å². The summed E-state index contributed by atoms with van der Waals surface area (Å²) < 4.78 is 0. The lowest BCUT2D eigenvalue weighted by molar-refractivity contribution is 0.0572. The van der Waals surface area contributed by atoms with Crippen molar-refractivity contribution in [3.63, 3.8) is 0 Å². The third kappa shape index (κ3) is 3.13. The summed E-state index contributed by atoms with van der Waals surface area (Å²) in [6.45, 7) is 4.68. The molecular formula is C20H26O. The van der Waals surface area contributed by atoms with E-state index in [2.05, 4.69) is 56.3 Å². The summed E-state index contributed by atoms with van der Waals surface area (Å²) in [7, 11) is 0. The average molecular weight is 282 g/mol. The van der Waals surface area contributed by atoms with Gasteiger partial charge in [-0.1, -0.05) is 62.7 Å². The zero-order chi connectivity index (χ0) is 14.8. The number of benzene rings is 2.